The number of fused-ring (bicyclic) bond motifs is 1. The van der Waals surface area contributed by atoms with Crippen LogP contribution in [0.2, 0.25) is 0 Å². The second-order valence-electron chi connectivity index (χ2n) is 7.45. The van der Waals surface area contributed by atoms with Crippen LogP contribution < -0.4 is 9.64 Å². The molecule has 2 aliphatic rings. The molecule has 6 nitrogen and oxygen atoms in total. The van der Waals surface area contributed by atoms with Crippen LogP contribution in [-0.2, 0) is 6.54 Å². The summed E-state index contributed by atoms with van der Waals surface area (Å²) in [5, 5.41) is 1.08. The molecule has 0 saturated carbocycles. The summed E-state index contributed by atoms with van der Waals surface area (Å²) < 4.78 is 5.42. The van der Waals surface area contributed by atoms with Crippen molar-refractivity contribution in [2.24, 2.45) is 11.8 Å². The Labute approximate surface area is 165 Å². The Morgan fingerprint density at radius 3 is 2.85 bits per heavy atom. The van der Waals surface area contributed by atoms with E-state index < -0.39 is 0 Å². The van der Waals surface area contributed by atoms with Gasteiger partial charge in [0.2, 0.25) is 5.88 Å². The van der Waals surface area contributed by atoms with Gasteiger partial charge in [0.05, 0.1) is 7.11 Å². The van der Waals surface area contributed by atoms with E-state index in [9.17, 15) is 0 Å². The molecule has 0 bridgehead atoms. The minimum Gasteiger partial charge on any atom is -0.481 e. The molecule has 2 atom stereocenters. The molecular weight excluding hydrogens is 358 g/mol. The highest BCUT2D eigenvalue weighted by atomic mass is 32.2. The van der Waals surface area contributed by atoms with E-state index in [4.69, 9.17) is 4.74 Å². The van der Waals surface area contributed by atoms with Crippen molar-refractivity contribution >= 4 is 17.6 Å². The zero-order valence-corrected chi connectivity index (χ0v) is 17.1. The first-order valence-corrected chi connectivity index (χ1v) is 10.7. The molecule has 0 aliphatic carbocycles. The van der Waals surface area contributed by atoms with Gasteiger partial charge in [-0.1, -0.05) is 6.07 Å². The third kappa shape index (κ3) is 3.75. The number of nitrogens with zero attached hydrogens (tertiary/aromatic N) is 5. The zero-order valence-electron chi connectivity index (χ0n) is 16.3. The first kappa shape index (κ1) is 18.5. The van der Waals surface area contributed by atoms with Crippen LogP contribution >= 0.6 is 11.8 Å². The van der Waals surface area contributed by atoms with E-state index in [1.165, 1.54) is 17.5 Å². The predicted octanol–water partition coefficient (Wildman–Crippen LogP) is 2.87. The smallest absolute Gasteiger partial charge is 0.217 e. The van der Waals surface area contributed by atoms with Crippen molar-refractivity contribution in [2.75, 3.05) is 44.4 Å². The summed E-state index contributed by atoms with van der Waals surface area (Å²) in [6, 6.07) is 4.11. The Balaban J connectivity index is 1.44. The first-order valence-electron chi connectivity index (χ1n) is 9.50. The Hall–Kier alpha value is -1.86. The topological polar surface area (TPSA) is 54.4 Å². The predicted molar refractivity (Wildman–Crippen MR) is 108 cm³/mol. The average Bonchev–Trinajstić information content (AvgIpc) is 3.11. The molecule has 7 heteroatoms. The number of anilines is 1. The van der Waals surface area contributed by atoms with E-state index in [1.807, 2.05) is 6.07 Å². The van der Waals surface area contributed by atoms with Crippen LogP contribution in [0.3, 0.4) is 0 Å². The van der Waals surface area contributed by atoms with Crippen molar-refractivity contribution in [3.8, 4) is 5.88 Å². The number of piperidine rings is 1. The quantitative estimate of drug-likeness (QED) is 0.579. The molecular formula is C20H27N5OS. The largest absolute Gasteiger partial charge is 0.481 e. The number of methoxy groups -OCH3 is 1. The Kier molecular flexibility index (Phi) is 5.50. The molecule has 4 rings (SSSR count). The number of pyridine rings is 1. The van der Waals surface area contributed by atoms with Gasteiger partial charge in [0.15, 0.2) is 0 Å². The lowest BCUT2D eigenvalue weighted by Crippen LogP contribution is -2.39. The molecule has 0 radical (unpaired) electrons. The SMILES string of the molecule is COc1ncccc1CN1CC[C@@H]2CN(c3ncnc(SC)c3C)C[C@@H]2C1. The highest BCUT2D eigenvalue weighted by Crippen LogP contribution is 2.36. The van der Waals surface area contributed by atoms with Crippen molar-refractivity contribution < 1.29 is 4.74 Å². The average molecular weight is 386 g/mol. The molecule has 2 aromatic heterocycles. The van der Waals surface area contributed by atoms with Gasteiger partial charge in [0.25, 0.3) is 0 Å². The summed E-state index contributed by atoms with van der Waals surface area (Å²) in [7, 11) is 1.69. The number of hydrogen-bond acceptors (Lipinski definition) is 7. The fourth-order valence-electron chi connectivity index (χ4n) is 4.48. The van der Waals surface area contributed by atoms with Crippen molar-refractivity contribution in [2.45, 2.75) is 24.9 Å². The highest BCUT2D eigenvalue weighted by Gasteiger charge is 2.38. The van der Waals surface area contributed by atoms with Crippen molar-refractivity contribution in [1.82, 2.24) is 19.9 Å². The van der Waals surface area contributed by atoms with Gasteiger partial charge in [-0.25, -0.2) is 15.0 Å². The van der Waals surface area contributed by atoms with Gasteiger partial charge >= 0.3 is 0 Å². The summed E-state index contributed by atoms with van der Waals surface area (Å²) in [6.45, 7) is 7.50. The van der Waals surface area contributed by atoms with Crippen LogP contribution in [0.25, 0.3) is 0 Å². The lowest BCUT2D eigenvalue weighted by Gasteiger charge is -2.34. The van der Waals surface area contributed by atoms with Crippen LogP contribution in [0.4, 0.5) is 5.82 Å². The first-order chi connectivity index (χ1) is 13.2. The van der Waals surface area contributed by atoms with Crippen molar-refractivity contribution in [3.63, 3.8) is 0 Å². The molecule has 0 spiro atoms. The number of hydrogen-bond donors (Lipinski definition) is 0. The maximum atomic E-state index is 5.42. The molecule has 2 fully saturated rings. The molecule has 0 aromatic carbocycles. The molecule has 0 unspecified atom stereocenters. The summed E-state index contributed by atoms with van der Waals surface area (Å²) in [6.07, 6.45) is 6.81. The van der Waals surface area contributed by atoms with Gasteiger partial charge in [0, 0.05) is 43.5 Å². The van der Waals surface area contributed by atoms with E-state index >= 15 is 0 Å². The van der Waals surface area contributed by atoms with Crippen LogP contribution in [0.5, 0.6) is 5.88 Å². The van der Waals surface area contributed by atoms with Gasteiger partial charge in [-0.2, -0.15) is 0 Å². The molecule has 4 heterocycles. The maximum Gasteiger partial charge on any atom is 0.217 e. The molecule has 27 heavy (non-hydrogen) atoms. The normalized spacial score (nSPS) is 22.7. The number of ether oxygens (including phenoxy) is 1. The van der Waals surface area contributed by atoms with E-state index in [0.29, 0.717) is 5.92 Å². The number of thioether (sulfide) groups is 1. The Morgan fingerprint density at radius 1 is 1.19 bits per heavy atom. The van der Waals surface area contributed by atoms with Gasteiger partial charge < -0.3 is 9.64 Å². The molecule has 144 valence electrons. The molecule has 2 aromatic rings. The van der Waals surface area contributed by atoms with E-state index in [1.54, 1.807) is 31.4 Å². The highest BCUT2D eigenvalue weighted by molar-refractivity contribution is 7.98. The van der Waals surface area contributed by atoms with Crippen molar-refractivity contribution in [3.05, 3.63) is 35.8 Å². The van der Waals surface area contributed by atoms with Gasteiger partial charge in [0.1, 0.15) is 17.2 Å². The lowest BCUT2D eigenvalue weighted by molar-refractivity contribution is 0.141. The van der Waals surface area contributed by atoms with Gasteiger partial charge in [-0.3, -0.25) is 4.90 Å². The minimum atomic E-state index is 0.688. The standard InChI is InChI=1S/C20H27N5OS/c1-14-18(22-13-23-20(14)27-3)25-11-15-6-8-24(10-17(15)12-25)9-16-5-4-7-21-19(16)26-2/h4-5,7,13,15,17H,6,8-12H2,1-3H3/t15-,17+/m1/s1. The number of likely N-dealkylation sites (tertiary alicyclic amines) is 1. The summed E-state index contributed by atoms with van der Waals surface area (Å²) in [5.41, 5.74) is 2.38. The summed E-state index contributed by atoms with van der Waals surface area (Å²) in [5.74, 6) is 3.30. The third-order valence-electron chi connectivity index (χ3n) is 5.83. The number of rotatable bonds is 5. The zero-order chi connectivity index (χ0) is 18.8. The lowest BCUT2D eigenvalue weighted by atomic mass is 9.88. The third-order valence-corrected chi connectivity index (χ3v) is 6.62. The van der Waals surface area contributed by atoms with Crippen LogP contribution in [0.1, 0.15) is 17.5 Å². The fourth-order valence-corrected chi connectivity index (χ4v) is 5.03. The van der Waals surface area contributed by atoms with E-state index in [-0.39, 0.29) is 0 Å². The van der Waals surface area contributed by atoms with Gasteiger partial charge in [-0.05, 0) is 44.0 Å². The summed E-state index contributed by atoms with van der Waals surface area (Å²) >= 11 is 1.70. The van der Waals surface area contributed by atoms with Crippen molar-refractivity contribution in [1.29, 1.82) is 0 Å². The van der Waals surface area contributed by atoms with Crippen LogP contribution in [0, 0.1) is 18.8 Å². The number of aromatic nitrogens is 3. The molecule has 2 saturated heterocycles. The van der Waals surface area contributed by atoms with E-state index in [0.717, 1.165) is 55.4 Å². The molecule has 0 amide bonds. The molecule has 2 aliphatic heterocycles. The Bertz CT molecular complexity index is 802. The minimum absolute atomic E-state index is 0.688. The van der Waals surface area contributed by atoms with Crippen LogP contribution in [0.15, 0.2) is 29.7 Å². The fraction of sp³-hybridized carbons (Fsp3) is 0.550. The van der Waals surface area contributed by atoms with Gasteiger partial charge in [-0.15, -0.1) is 11.8 Å². The molecule has 0 N–H and O–H groups in total. The second kappa shape index (κ2) is 8.02. The Morgan fingerprint density at radius 2 is 2.04 bits per heavy atom. The monoisotopic (exact) mass is 385 g/mol. The maximum absolute atomic E-state index is 5.42. The van der Waals surface area contributed by atoms with E-state index in [2.05, 4.69) is 44.0 Å². The van der Waals surface area contributed by atoms with Crippen LogP contribution in [-0.4, -0.2) is 59.4 Å². The summed E-state index contributed by atoms with van der Waals surface area (Å²) in [4.78, 5) is 18.3. The second-order valence-corrected chi connectivity index (χ2v) is 8.25.